The second-order valence-corrected chi connectivity index (χ2v) is 4.72. The molecule has 1 atom stereocenters. The first-order chi connectivity index (χ1) is 9.10. The van der Waals surface area contributed by atoms with Gasteiger partial charge in [0.2, 0.25) is 0 Å². The maximum atomic E-state index is 9.75. The van der Waals surface area contributed by atoms with E-state index in [-0.39, 0.29) is 0 Å². The normalized spacial score (nSPS) is 12.6. The molecular weight excluding hydrogens is 240 g/mol. The van der Waals surface area contributed by atoms with Crippen LogP contribution >= 0.6 is 0 Å². The molecular formula is C15H19N2O2. The maximum Gasteiger partial charge on any atom is 0.0968 e. The first-order valence-corrected chi connectivity index (χ1v) is 6.30. The second kappa shape index (κ2) is 5.99. The van der Waals surface area contributed by atoms with Gasteiger partial charge in [-0.2, -0.15) is 5.10 Å². The first kappa shape index (κ1) is 13.8. The Kier molecular flexibility index (Phi) is 4.35. The molecule has 0 aliphatic carbocycles. The zero-order valence-corrected chi connectivity index (χ0v) is 11.6. The number of aromatic nitrogens is 2. The highest BCUT2D eigenvalue weighted by Gasteiger charge is 2.10. The van der Waals surface area contributed by atoms with Crippen LogP contribution < -0.4 is 0 Å². The van der Waals surface area contributed by atoms with Gasteiger partial charge in [-0.3, -0.25) is 4.68 Å². The van der Waals surface area contributed by atoms with Crippen molar-refractivity contribution in [2.24, 2.45) is 0 Å². The predicted molar refractivity (Wildman–Crippen MR) is 73.9 cm³/mol. The van der Waals surface area contributed by atoms with Gasteiger partial charge in [0.1, 0.15) is 0 Å². The third-order valence-corrected chi connectivity index (χ3v) is 2.99. The minimum atomic E-state index is -0.541. The number of aliphatic hydroxyl groups excluding tert-OH is 1. The quantitative estimate of drug-likeness (QED) is 0.893. The lowest BCUT2D eigenvalue weighted by molar-refractivity contribution is 0.0510. The maximum absolute atomic E-state index is 9.75. The minimum absolute atomic E-state index is 0.312. The molecule has 101 valence electrons. The zero-order valence-electron chi connectivity index (χ0n) is 11.6. The Hall–Kier alpha value is -1.65. The van der Waals surface area contributed by atoms with Crippen LogP contribution in [0.2, 0.25) is 0 Å². The summed E-state index contributed by atoms with van der Waals surface area (Å²) in [7, 11) is 1.58. The largest absolute Gasteiger partial charge is 0.389 e. The van der Waals surface area contributed by atoms with Gasteiger partial charge in [0.15, 0.2) is 0 Å². The SMILES string of the molecule is COC[C@@H](O)Cn1nc(-c2c[c]c(C)cc2)cc1C. The Morgan fingerprint density at radius 3 is 2.84 bits per heavy atom. The predicted octanol–water partition coefficient (Wildman–Crippen LogP) is 1.97. The number of aryl methyl sites for hydroxylation is 2. The van der Waals surface area contributed by atoms with Crippen LogP contribution in [0.1, 0.15) is 11.3 Å². The van der Waals surface area contributed by atoms with E-state index in [4.69, 9.17) is 4.74 Å². The summed E-state index contributed by atoms with van der Waals surface area (Å²) in [5.74, 6) is 0. The highest BCUT2D eigenvalue weighted by atomic mass is 16.5. The molecule has 1 heterocycles. The van der Waals surface area contributed by atoms with Crippen molar-refractivity contribution in [2.75, 3.05) is 13.7 Å². The Balaban J connectivity index is 2.18. The number of rotatable bonds is 5. The molecule has 1 aromatic heterocycles. The summed E-state index contributed by atoms with van der Waals surface area (Å²) in [6.07, 6.45) is -0.541. The molecule has 0 bridgehead atoms. The summed E-state index contributed by atoms with van der Waals surface area (Å²) < 4.78 is 6.73. The molecule has 4 nitrogen and oxygen atoms in total. The summed E-state index contributed by atoms with van der Waals surface area (Å²) >= 11 is 0. The first-order valence-electron chi connectivity index (χ1n) is 6.30. The van der Waals surface area contributed by atoms with Crippen molar-refractivity contribution >= 4 is 0 Å². The Morgan fingerprint density at radius 2 is 2.21 bits per heavy atom. The molecule has 0 unspecified atom stereocenters. The van der Waals surface area contributed by atoms with Crippen molar-refractivity contribution in [3.05, 3.63) is 41.6 Å². The third kappa shape index (κ3) is 3.43. The molecule has 0 amide bonds. The summed E-state index contributed by atoms with van der Waals surface area (Å²) in [4.78, 5) is 0. The summed E-state index contributed by atoms with van der Waals surface area (Å²) in [5, 5.41) is 14.3. The molecule has 1 aromatic carbocycles. The Labute approximate surface area is 113 Å². The number of ether oxygens (including phenoxy) is 1. The van der Waals surface area contributed by atoms with Crippen LogP contribution in [0.3, 0.4) is 0 Å². The van der Waals surface area contributed by atoms with E-state index in [0.717, 1.165) is 22.5 Å². The Morgan fingerprint density at radius 1 is 1.42 bits per heavy atom. The van der Waals surface area contributed by atoms with E-state index in [1.165, 1.54) is 0 Å². The van der Waals surface area contributed by atoms with Crippen LogP contribution in [0, 0.1) is 19.9 Å². The van der Waals surface area contributed by atoms with Gasteiger partial charge < -0.3 is 9.84 Å². The van der Waals surface area contributed by atoms with Gasteiger partial charge in [-0.1, -0.05) is 12.1 Å². The fourth-order valence-corrected chi connectivity index (χ4v) is 1.94. The zero-order chi connectivity index (χ0) is 13.8. The number of nitrogens with zero attached hydrogens (tertiary/aromatic N) is 2. The van der Waals surface area contributed by atoms with Gasteiger partial charge in [0.05, 0.1) is 24.9 Å². The van der Waals surface area contributed by atoms with Crippen molar-refractivity contribution in [1.82, 2.24) is 9.78 Å². The fourth-order valence-electron chi connectivity index (χ4n) is 1.94. The van der Waals surface area contributed by atoms with Gasteiger partial charge >= 0.3 is 0 Å². The number of benzene rings is 1. The van der Waals surface area contributed by atoms with E-state index in [1.807, 2.05) is 38.1 Å². The van der Waals surface area contributed by atoms with Crippen molar-refractivity contribution < 1.29 is 9.84 Å². The van der Waals surface area contributed by atoms with Crippen LogP contribution in [0.5, 0.6) is 0 Å². The summed E-state index contributed by atoms with van der Waals surface area (Å²) in [6.45, 7) is 4.74. The van der Waals surface area contributed by atoms with Crippen molar-refractivity contribution in [3.63, 3.8) is 0 Å². The van der Waals surface area contributed by atoms with Gasteiger partial charge in [-0.05, 0) is 37.6 Å². The molecule has 1 N–H and O–H groups in total. The van der Waals surface area contributed by atoms with Gasteiger partial charge in [-0.25, -0.2) is 0 Å². The molecule has 0 saturated carbocycles. The van der Waals surface area contributed by atoms with E-state index < -0.39 is 6.10 Å². The monoisotopic (exact) mass is 259 g/mol. The van der Waals surface area contributed by atoms with E-state index in [0.29, 0.717) is 13.2 Å². The van der Waals surface area contributed by atoms with Crippen molar-refractivity contribution in [3.8, 4) is 11.3 Å². The topological polar surface area (TPSA) is 47.3 Å². The number of hydrogen-bond donors (Lipinski definition) is 1. The smallest absolute Gasteiger partial charge is 0.0968 e. The lowest BCUT2D eigenvalue weighted by atomic mass is 10.1. The number of methoxy groups -OCH3 is 1. The van der Waals surface area contributed by atoms with Crippen LogP contribution in [0.25, 0.3) is 11.3 Å². The standard InChI is InChI=1S/C15H19N2O2/c1-11-4-6-13(7-5-11)15-8-12(2)17(16-15)9-14(18)10-19-3/h4,6-8,14,18H,9-10H2,1-3H3/t14-/m0/s1. The van der Waals surface area contributed by atoms with E-state index in [1.54, 1.807) is 11.8 Å². The molecule has 0 spiro atoms. The molecule has 0 aliphatic heterocycles. The van der Waals surface area contributed by atoms with Crippen LogP contribution in [-0.4, -0.2) is 34.7 Å². The van der Waals surface area contributed by atoms with Crippen molar-refractivity contribution in [2.45, 2.75) is 26.5 Å². The lowest BCUT2D eigenvalue weighted by Crippen LogP contribution is -2.22. The highest BCUT2D eigenvalue weighted by molar-refractivity contribution is 5.59. The molecule has 19 heavy (non-hydrogen) atoms. The van der Waals surface area contributed by atoms with E-state index >= 15 is 0 Å². The molecule has 1 radical (unpaired) electrons. The Bertz CT molecular complexity index is 532. The fraction of sp³-hybridized carbons (Fsp3) is 0.400. The van der Waals surface area contributed by atoms with E-state index in [9.17, 15) is 5.11 Å². The summed E-state index contributed by atoms with van der Waals surface area (Å²) in [6, 6.07) is 11.2. The molecule has 0 fully saturated rings. The summed E-state index contributed by atoms with van der Waals surface area (Å²) in [5.41, 5.74) is 4.06. The minimum Gasteiger partial charge on any atom is -0.389 e. The molecule has 0 saturated heterocycles. The molecule has 2 aromatic rings. The molecule has 2 rings (SSSR count). The second-order valence-electron chi connectivity index (χ2n) is 4.72. The van der Waals surface area contributed by atoms with Crippen LogP contribution in [0.4, 0.5) is 0 Å². The van der Waals surface area contributed by atoms with Crippen LogP contribution in [-0.2, 0) is 11.3 Å². The van der Waals surface area contributed by atoms with Crippen molar-refractivity contribution in [1.29, 1.82) is 0 Å². The number of aliphatic hydroxyl groups is 1. The van der Waals surface area contributed by atoms with Crippen LogP contribution in [0.15, 0.2) is 24.3 Å². The molecule has 0 aliphatic rings. The average Bonchev–Trinajstić information content (AvgIpc) is 2.72. The van der Waals surface area contributed by atoms with E-state index in [2.05, 4.69) is 11.2 Å². The van der Waals surface area contributed by atoms with Gasteiger partial charge in [0.25, 0.3) is 0 Å². The highest BCUT2D eigenvalue weighted by Crippen LogP contribution is 2.19. The lowest BCUT2D eigenvalue weighted by Gasteiger charge is -2.10. The van der Waals surface area contributed by atoms with Gasteiger partial charge in [0, 0.05) is 18.4 Å². The molecule has 4 heteroatoms. The average molecular weight is 259 g/mol. The third-order valence-electron chi connectivity index (χ3n) is 2.99. The van der Waals surface area contributed by atoms with Gasteiger partial charge in [-0.15, -0.1) is 0 Å². The number of hydrogen-bond acceptors (Lipinski definition) is 3.